The molecule has 0 aliphatic heterocycles. The van der Waals surface area contributed by atoms with Crippen LogP contribution in [0.15, 0.2) is 34.9 Å². The maximum Gasteiger partial charge on any atom is 0.280 e. The summed E-state index contributed by atoms with van der Waals surface area (Å²) in [6.45, 7) is 1.93. The van der Waals surface area contributed by atoms with Gasteiger partial charge in [0.2, 0.25) is 0 Å². The molecule has 1 fully saturated rings. The third-order valence-electron chi connectivity index (χ3n) is 4.47. The van der Waals surface area contributed by atoms with E-state index in [9.17, 15) is 0 Å². The number of rotatable bonds is 3. The summed E-state index contributed by atoms with van der Waals surface area (Å²) in [5.41, 5.74) is 8.29. The zero-order valence-corrected chi connectivity index (χ0v) is 14.2. The van der Waals surface area contributed by atoms with Crippen LogP contribution in [-0.2, 0) is 5.54 Å². The second-order valence-corrected chi connectivity index (χ2v) is 6.06. The lowest BCUT2D eigenvalue weighted by Gasteiger charge is -2.17. The average molecular weight is 347 g/mol. The molecule has 0 saturated heterocycles. The summed E-state index contributed by atoms with van der Waals surface area (Å²) in [4.78, 5) is 4.48. The fourth-order valence-corrected chi connectivity index (χ4v) is 3.09. The second kappa shape index (κ2) is 6.33. The Hall–Kier alpha value is -2.25. The van der Waals surface area contributed by atoms with E-state index in [-0.39, 0.29) is 12.4 Å². The van der Waals surface area contributed by atoms with Gasteiger partial charge in [-0.25, -0.2) is 4.68 Å². The van der Waals surface area contributed by atoms with Gasteiger partial charge in [-0.1, -0.05) is 41.4 Å². The van der Waals surface area contributed by atoms with Crippen molar-refractivity contribution in [1.82, 2.24) is 25.1 Å². The first-order valence-corrected chi connectivity index (χ1v) is 7.78. The van der Waals surface area contributed by atoms with Crippen LogP contribution in [0, 0.1) is 6.92 Å². The molecule has 0 spiro atoms. The summed E-state index contributed by atoms with van der Waals surface area (Å²) in [6, 6.07) is 9.82. The van der Waals surface area contributed by atoms with E-state index in [1.807, 2.05) is 37.3 Å². The highest BCUT2D eigenvalue weighted by atomic mass is 35.5. The largest absolute Gasteiger partial charge is 0.332 e. The normalized spacial score (nSPS) is 16.1. The van der Waals surface area contributed by atoms with E-state index in [1.165, 1.54) is 0 Å². The van der Waals surface area contributed by atoms with Gasteiger partial charge in [-0.05, 0) is 31.9 Å². The Morgan fingerprint density at radius 2 is 1.88 bits per heavy atom. The molecule has 8 heteroatoms. The zero-order chi connectivity index (χ0) is 15.9. The molecule has 1 aliphatic rings. The van der Waals surface area contributed by atoms with Gasteiger partial charge in [-0.15, -0.1) is 17.5 Å². The lowest BCUT2D eigenvalue weighted by molar-refractivity contribution is 0.372. The van der Waals surface area contributed by atoms with Crippen molar-refractivity contribution >= 4 is 12.4 Å². The Morgan fingerprint density at radius 1 is 1.17 bits per heavy atom. The maximum absolute atomic E-state index is 6.38. The number of hydrogen-bond acceptors (Lipinski definition) is 6. The Morgan fingerprint density at radius 3 is 2.58 bits per heavy atom. The van der Waals surface area contributed by atoms with Crippen molar-refractivity contribution in [3.05, 3.63) is 41.9 Å². The molecule has 3 aromatic rings. The molecule has 0 unspecified atom stereocenters. The minimum Gasteiger partial charge on any atom is -0.332 e. The minimum atomic E-state index is -0.467. The first kappa shape index (κ1) is 16.6. The third-order valence-corrected chi connectivity index (χ3v) is 4.47. The summed E-state index contributed by atoms with van der Waals surface area (Å²) < 4.78 is 7.16. The van der Waals surface area contributed by atoms with Gasteiger partial charge in [0.05, 0.1) is 16.9 Å². The number of nitrogens with two attached hydrogens (primary N) is 1. The van der Waals surface area contributed by atoms with Crippen molar-refractivity contribution in [3.8, 4) is 17.3 Å². The number of benzene rings is 1. The van der Waals surface area contributed by atoms with Gasteiger partial charge in [0.15, 0.2) is 11.5 Å². The fraction of sp³-hybridized carbons (Fsp3) is 0.375. The summed E-state index contributed by atoms with van der Waals surface area (Å²) >= 11 is 0. The van der Waals surface area contributed by atoms with Crippen LogP contribution in [0.5, 0.6) is 0 Å². The SMILES string of the molecule is Cc1c(-c2nc(C3(N)CCCC3)no2)nnn1-c1ccccc1.Cl. The summed E-state index contributed by atoms with van der Waals surface area (Å²) in [5.74, 6) is 0.940. The van der Waals surface area contributed by atoms with Gasteiger partial charge >= 0.3 is 0 Å². The van der Waals surface area contributed by atoms with Crippen molar-refractivity contribution < 1.29 is 4.52 Å². The standard InChI is InChI=1S/C16H18N6O.ClH/c1-11-13(19-21-22(11)12-7-3-2-4-8-12)14-18-15(20-23-14)16(17)9-5-6-10-16;/h2-4,7-8H,5-6,9-10,17H2,1H3;1H. The van der Waals surface area contributed by atoms with E-state index in [2.05, 4.69) is 20.5 Å². The van der Waals surface area contributed by atoms with Crippen molar-refractivity contribution in [2.75, 3.05) is 0 Å². The molecule has 0 bridgehead atoms. The van der Waals surface area contributed by atoms with Crippen molar-refractivity contribution in [2.45, 2.75) is 38.1 Å². The van der Waals surface area contributed by atoms with Gasteiger partial charge in [-0.2, -0.15) is 4.98 Å². The molecule has 24 heavy (non-hydrogen) atoms. The van der Waals surface area contributed by atoms with Crippen LogP contribution in [0.3, 0.4) is 0 Å². The molecule has 0 amide bonds. The van der Waals surface area contributed by atoms with Gasteiger partial charge in [-0.3, -0.25) is 0 Å². The number of halogens is 1. The van der Waals surface area contributed by atoms with E-state index in [0.717, 1.165) is 37.1 Å². The molecular weight excluding hydrogens is 328 g/mol. The molecule has 0 atom stereocenters. The van der Waals surface area contributed by atoms with Gasteiger partial charge < -0.3 is 10.3 Å². The predicted octanol–water partition coefficient (Wildman–Crippen LogP) is 2.78. The average Bonchev–Trinajstić information content (AvgIpc) is 3.28. The molecule has 0 radical (unpaired) electrons. The molecule has 126 valence electrons. The van der Waals surface area contributed by atoms with Crippen LogP contribution in [-0.4, -0.2) is 25.1 Å². The Kier molecular flexibility index (Phi) is 4.38. The van der Waals surface area contributed by atoms with Crippen LogP contribution < -0.4 is 5.73 Å². The Balaban J connectivity index is 0.00000169. The van der Waals surface area contributed by atoms with Gasteiger partial charge in [0.1, 0.15) is 0 Å². The highest BCUT2D eigenvalue weighted by Gasteiger charge is 2.36. The van der Waals surface area contributed by atoms with Crippen molar-refractivity contribution in [3.63, 3.8) is 0 Å². The molecule has 1 saturated carbocycles. The van der Waals surface area contributed by atoms with Crippen molar-refractivity contribution in [2.24, 2.45) is 5.73 Å². The first-order valence-electron chi connectivity index (χ1n) is 7.78. The molecule has 1 aliphatic carbocycles. The number of nitrogens with zero attached hydrogens (tertiary/aromatic N) is 5. The number of aromatic nitrogens is 5. The second-order valence-electron chi connectivity index (χ2n) is 6.06. The van der Waals surface area contributed by atoms with Crippen LogP contribution in [0.2, 0.25) is 0 Å². The predicted molar refractivity (Wildman–Crippen MR) is 91.0 cm³/mol. The topological polar surface area (TPSA) is 95.7 Å². The highest BCUT2D eigenvalue weighted by molar-refractivity contribution is 5.85. The zero-order valence-electron chi connectivity index (χ0n) is 13.3. The maximum atomic E-state index is 6.38. The molecule has 1 aromatic carbocycles. The van der Waals surface area contributed by atoms with Crippen LogP contribution in [0.4, 0.5) is 0 Å². The third kappa shape index (κ3) is 2.70. The van der Waals surface area contributed by atoms with Gasteiger partial charge in [0.25, 0.3) is 5.89 Å². The molecule has 4 rings (SSSR count). The lowest BCUT2D eigenvalue weighted by Crippen LogP contribution is -2.34. The molecule has 2 N–H and O–H groups in total. The highest BCUT2D eigenvalue weighted by Crippen LogP contribution is 2.35. The quantitative estimate of drug-likeness (QED) is 0.783. The summed E-state index contributed by atoms with van der Waals surface area (Å²) in [5, 5.41) is 12.5. The monoisotopic (exact) mass is 346 g/mol. The van der Waals surface area contributed by atoms with E-state index in [1.54, 1.807) is 4.68 Å². The minimum absolute atomic E-state index is 0. The van der Waals surface area contributed by atoms with Crippen LogP contribution in [0.1, 0.15) is 37.2 Å². The lowest BCUT2D eigenvalue weighted by atomic mass is 9.99. The first-order chi connectivity index (χ1) is 11.2. The fourth-order valence-electron chi connectivity index (χ4n) is 3.09. The summed E-state index contributed by atoms with van der Waals surface area (Å²) in [6.07, 6.45) is 3.98. The Bertz CT molecular complexity index is 822. The van der Waals surface area contributed by atoms with Crippen LogP contribution in [0.25, 0.3) is 17.3 Å². The number of hydrogen-bond donors (Lipinski definition) is 1. The molecular formula is C16H19ClN6O. The van der Waals surface area contributed by atoms with E-state index >= 15 is 0 Å². The van der Waals surface area contributed by atoms with Gasteiger partial charge in [0, 0.05) is 0 Å². The van der Waals surface area contributed by atoms with E-state index in [4.69, 9.17) is 10.3 Å². The van der Waals surface area contributed by atoms with Crippen molar-refractivity contribution in [1.29, 1.82) is 0 Å². The van der Waals surface area contributed by atoms with Crippen LogP contribution >= 0.6 is 12.4 Å². The van der Waals surface area contributed by atoms with E-state index in [0.29, 0.717) is 17.4 Å². The molecule has 2 aromatic heterocycles. The Labute approximate surface area is 145 Å². The van der Waals surface area contributed by atoms with E-state index < -0.39 is 5.54 Å². The molecule has 2 heterocycles. The molecule has 7 nitrogen and oxygen atoms in total. The smallest absolute Gasteiger partial charge is 0.280 e. The number of para-hydroxylation sites is 1. The summed E-state index contributed by atoms with van der Waals surface area (Å²) in [7, 11) is 0.